The molecule has 1 aromatic rings. The molecule has 5 nitrogen and oxygen atoms in total. The molecule has 1 aromatic carbocycles. The van der Waals surface area contributed by atoms with Crippen LogP contribution in [0, 0.1) is 5.92 Å². The van der Waals surface area contributed by atoms with Gasteiger partial charge in [-0.15, -0.1) is 0 Å². The molecule has 0 unspecified atom stereocenters. The number of allylic oxidation sites excluding steroid dienone is 2. The second-order valence-corrected chi connectivity index (χ2v) is 5.43. The fourth-order valence-electron chi connectivity index (χ4n) is 2.43. The zero-order valence-corrected chi connectivity index (χ0v) is 12.5. The lowest BCUT2D eigenvalue weighted by atomic mass is 9.94. The highest BCUT2D eigenvalue weighted by Crippen LogP contribution is 2.17. The molecule has 0 radical (unpaired) electrons. The van der Waals surface area contributed by atoms with Crippen LogP contribution in [0.2, 0.25) is 0 Å². The van der Waals surface area contributed by atoms with Gasteiger partial charge in [0.15, 0.2) is 0 Å². The maximum atomic E-state index is 11.9. The molecular weight excluding hydrogens is 280 g/mol. The Morgan fingerprint density at radius 2 is 2.00 bits per heavy atom. The maximum absolute atomic E-state index is 11.9. The lowest BCUT2D eigenvalue weighted by Gasteiger charge is -2.17. The van der Waals surface area contributed by atoms with E-state index in [-0.39, 0.29) is 23.5 Å². The van der Waals surface area contributed by atoms with Gasteiger partial charge in [-0.25, -0.2) is 0 Å². The Hall–Kier alpha value is -2.30. The SMILES string of the molecule is O=C(NCCCNC(=O)[C@@H]1CC=CCC1)c1cccc(O)c1. The lowest BCUT2D eigenvalue weighted by Crippen LogP contribution is -2.34. The summed E-state index contributed by atoms with van der Waals surface area (Å²) in [4.78, 5) is 23.7. The van der Waals surface area contributed by atoms with E-state index >= 15 is 0 Å². The molecular formula is C17H22N2O3. The van der Waals surface area contributed by atoms with Crippen LogP contribution in [0.5, 0.6) is 5.75 Å². The summed E-state index contributed by atoms with van der Waals surface area (Å²) in [7, 11) is 0. The van der Waals surface area contributed by atoms with Crippen LogP contribution in [-0.2, 0) is 4.79 Å². The van der Waals surface area contributed by atoms with E-state index in [0.717, 1.165) is 19.3 Å². The summed E-state index contributed by atoms with van der Waals surface area (Å²) in [6, 6.07) is 6.22. The van der Waals surface area contributed by atoms with Gasteiger partial charge >= 0.3 is 0 Å². The molecule has 1 aliphatic rings. The molecule has 5 heteroatoms. The van der Waals surface area contributed by atoms with Crippen molar-refractivity contribution in [3.05, 3.63) is 42.0 Å². The summed E-state index contributed by atoms with van der Waals surface area (Å²) in [6.45, 7) is 1.04. The molecule has 0 saturated carbocycles. The first-order chi connectivity index (χ1) is 10.7. The first-order valence-corrected chi connectivity index (χ1v) is 7.67. The highest BCUT2D eigenvalue weighted by atomic mass is 16.3. The third-order valence-electron chi connectivity index (χ3n) is 3.69. The molecule has 3 N–H and O–H groups in total. The van der Waals surface area contributed by atoms with E-state index in [1.54, 1.807) is 12.1 Å². The topological polar surface area (TPSA) is 78.4 Å². The molecule has 0 aromatic heterocycles. The van der Waals surface area contributed by atoms with Crippen LogP contribution in [-0.4, -0.2) is 30.0 Å². The largest absolute Gasteiger partial charge is 0.508 e. The van der Waals surface area contributed by atoms with Gasteiger partial charge in [0.25, 0.3) is 5.91 Å². The van der Waals surface area contributed by atoms with E-state index in [9.17, 15) is 14.7 Å². The summed E-state index contributed by atoms with van der Waals surface area (Å²) < 4.78 is 0. The van der Waals surface area contributed by atoms with Crippen LogP contribution in [0.3, 0.4) is 0 Å². The number of phenols is 1. The molecule has 0 bridgehead atoms. The second-order valence-electron chi connectivity index (χ2n) is 5.43. The van der Waals surface area contributed by atoms with Crippen LogP contribution in [0.15, 0.2) is 36.4 Å². The molecule has 2 rings (SSSR count). The van der Waals surface area contributed by atoms with Gasteiger partial charge in [0.05, 0.1) is 0 Å². The molecule has 2 amide bonds. The first kappa shape index (κ1) is 16.1. The van der Waals surface area contributed by atoms with Crippen LogP contribution in [0.1, 0.15) is 36.0 Å². The molecule has 0 spiro atoms. The number of hydrogen-bond donors (Lipinski definition) is 3. The van der Waals surface area contributed by atoms with Crippen molar-refractivity contribution in [2.24, 2.45) is 5.92 Å². The van der Waals surface area contributed by atoms with Crippen LogP contribution in [0.4, 0.5) is 0 Å². The van der Waals surface area contributed by atoms with Gasteiger partial charge in [-0.3, -0.25) is 9.59 Å². The van der Waals surface area contributed by atoms with E-state index in [1.807, 2.05) is 0 Å². The predicted octanol–water partition coefficient (Wildman–Crippen LogP) is 1.98. The fraction of sp³-hybridized carbons (Fsp3) is 0.412. The summed E-state index contributed by atoms with van der Waals surface area (Å²) >= 11 is 0. The molecule has 0 aliphatic heterocycles. The van der Waals surface area contributed by atoms with Crippen molar-refractivity contribution in [2.45, 2.75) is 25.7 Å². The summed E-state index contributed by atoms with van der Waals surface area (Å²) in [5.74, 6) is 0.0385. The normalized spacial score (nSPS) is 17.0. The number of hydrogen-bond acceptors (Lipinski definition) is 3. The summed E-state index contributed by atoms with van der Waals surface area (Å²) in [6.07, 6.45) is 7.55. The van der Waals surface area contributed by atoms with E-state index in [4.69, 9.17) is 0 Å². The molecule has 0 saturated heterocycles. The number of benzene rings is 1. The average molecular weight is 302 g/mol. The molecule has 118 valence electrons. The Morgan fingerprint density at radius 3 is 2.73 bits per heavy atom. The van der Waals surface area contributed by atoms with Crippen molar-refractivity contribution in [1.82, 2.24) is 10.6 Å². The van der Waals surface area contributed by atoms with E-state index < -0.39 is 0 Å². The Bertz CT molecular complexity index is 555. The summed E-state index contributed by atoms with van der Waals surface area (Å²) in [5, 5.41) is 15.0. The third-order valence-corrected chi connectivity index (χ3v) is 3.69. The Balaban J connectivity index is 1.62. The van der Waals surface area contributed by atoms with Crippen LogP contribution in [0.25, 0.3) is 0 Å². The van der Waals surface area contributed by atoms with Crippen molar-refractivity contribution >= 4 is 11.8 Å². The van der Waals surface area contributed by atoms with Crippen LogP contribution < -0.4 is 10.6 Å². The maximum Gasteiger partial charge on any atom is 0.251 e. The van der Waals surface area contributed by atoms with Crippen molar-refractivity contribution in [1.29, 1.82) is 0 Å². The van der Waals surface area contributed by atoms with Gasteiger partial charge in [-0.1, -0.05) is 18.2 Å². The predicted molar refractivity (Wildman–Crippen MR) is 84.5 cm³/mol. The number of aromatic hydroxyl groups is 1. The van der Waals surface area contributed by atoms with E-state index in [0.29, 0.717) is 25.1 Å². The smallest absolute Gasteiger partial charge is 0.251 e. The van der Waals surface area contributed by atoms with Crippen LogP contribution >= 0.6 is 0 Å². The minimum Gasteiger partial charge on any atom is -0.508 e. The van der Waals surface area contributed by atoms with Crippen molar-refractivity contribution in [3.63, 3.8) is 0 Å². The molecule has 0 heterocycles. The van der Waals surface area contributed by atoms with E-state index in [1.165, 1.54) is 12.1 Å². The number of rotatable bonds is 6. The van der Waals surface area contributed by atoms with E-state index in [2.05, 4.69) is 22.8 Å². The Kier molecular flexibility index (Phi) is 6.01. The van der Waals surface area contributed by atoms with Gasteiger partial charge in [0.2, 0.25) is 5.91 Å². The molecule has 1 aliphatic carbocycles. The lowest BCUT2D eigenvalue weighted by molar-refractivity contribution is -0.125. The highest BCUT2D eigenvalue weighted by molar-refractivity contribution is 5.94. The van der Waals surface area contributed by atoms with Crippen molar-refractivity contribution in [3.8, 4) is 5.75 Å². The second kappa shape index (κ2) is 8.22. The zero-order valence-electron chi connectivity index (χ0n) is 12.5. The minimum absolute atomic E-state index is 0.0708. The van der Waals surface area contributed by atoms with Gasteiger partial charge in [-0.05, 0) is 43.9 Å². The number of amides is 2. The summed E-state index contributed by atoms with van der Waals surface area (Å²) in [5.41, 5.74) is 0.429. The zero-order chi connectivity index (χ0) is 15.8. The third kappa shape index (κ3) is 4.91. The first-order valence-electron chi connectivity index (χ1n) is 7.67. The van der Waals surface area contributed by atoms with Gasteiger partial charge < -0.3 is 15.7 Å². The van der Waals surface area contributed by atoms with Gasteiger partial charge in [-0.2, -0.15) is 0 Å². The Labute approximate surface area is 130 Å². The monoisotopic (exact) mass is 302 g/mol. The number of phenolic OH excluding ortho intramolecular Hbond substituents is 1. The van der Waals surface area contributed by atoms with Gasteiger partial charge in [0, 0.05) is 24.6 Å². The number of carbonyl (C=O) groups is 2. The molecule has 22 heavy (non-hydrogen) atoms. The highest BCUT2D eigenvalue weighted by Gasteiger charge is 2.17. The quantitative estimate of drug-likeness (QED) is 0.555. The minimum atomic E-state index is -0.223. The number of nitrogens with one attached hydrogen (secondary N) is 2. The standard InChI is InChI=1S/C17H22N2O3/c20-15-9-4-8-14(12-15)17(22)19-11-5-10-18-16(21)13-6-2-1-3-7-13/h1-2,4,8-9,12-13,20H,3,5-7,10-11H2,(H,18,21)(H,19,22)/t13-/m1/s1. The molecule has 1 atom stereocenters. The van der Waals surface area contributed by atoms with Crippen molar-refractivity contribution < 1.29 is 14.7 Å². The van der Waals surface area contributed by atoms with Gasteiger partial charge in [0.1, 0.15) is 5.75 Å². The Morgan fingerprint density at radius 1 is 1.18 bits per heavy atom. The van der Waals surface area contributed by atoms with Crippen molar-refractivity contribution in [2.75, 3.05) is 13.1 Å². The number of carbonyl (C=O) groups excluding carboxylic acids is 2. The molecule has 0 fully saturated rings. The fourth-order valence-corrected chi connectivity index (χ4v) is 2.43. The average Bonchev–Trinajstić information content (AvgIpc) is 2.55.